The van der Waals surface area contributed by atoms with Gasteiger partial charge in [-0.1, -0.05) is 25.1 Å². The van der Waals surface area contributed by atoms with Gasteiger partial charge in [-0.2, -0.15) is 0 Å². The minimum Gasteiger partial charge on any atom is -0.204 e. The average Bonchev–Trinajstić information content (AvgIpc) is 2.07. The van der Waals surface area contributed by atoms with Crippen LogP contribution in [0, 0.1) is 11.6 Å². The van der Waals surface area contributed by atoms with Gasteiger partial charge in [0.25, 0.3) is 0 Å². The lowest BCUT2D eigenvalue weighted by molar-refractivity contribution is 0.508. The van der Waals surface area contributed by atoms with Crippen LogP contribution in [-0.4, -0.2) is 0 Å². The van der Waals surface area contributed by atoms with Crippen molar-refractivity contribution < 1.29 is 8.78 Å². The van der Waals surface area contributed by atoms with E-state index in [2.05, 4.69) is 0 Å². The Bertz CT molecular complexity index is 290. The number of allylic oxidation sites excluding steroid dienone is 1. The maximum atomic E-state index is 12.6. The predicted octanol–water partition coefficient (Wildman–Crippen LogP) is 3.39. The molecule has 0 aliphatic rings. The molecule has 0 aromatic heterocycles. The molecule has 0 nitrogen and oxygen atoms in total. The second kappa shape index (κ2) is 4.00. The molecule has 1 rings (SSSR count). The van der Waals surface area contributed by atoms with Gasteiger partial charge in [-0.3, -0.25) is 0 Å². The van der Waals surface area contributed by atoms with Crippen LogP contribution in [0.4, 0.5) is 8.78 Å². The third-order valence-corrected chi connectivity index (χ3v) is 1.49. The highest BCUT2D eigenvalue weighted by Gasteiger charge is 1.99. The van der Waals surface area contributed by atoms with Crippen molar-refractivity contribution in [3.05, 3.63) is 41.5 Å². The van der Waals surface area contributed by atoms with E-state index < -0.39 is 11.6 Å². The van der Waals surface area contributed by atoms with Gasteiger partial charge in [0.15, 0.2) is 11.6 Å². The first-order valence-electron chi connectivity index (χ1n) is 3.85. The molecule has 2 heteroatoms. The van der Waals surface area contributed by atoms with Gasteiger partial charge in [-0.25, -0.2) is 8.78 Å². The first kappa shape index (κ1) is 8.91. The van der Waals surface area contributed by atoms with Crippen molar-refractivity contribution in [3.63, 3.8) is 0 Å². The molecule has 0 saturated heterocycles. The molecule has 0 radical (unpaired) electrons. The van der Waals surface area contributed by atoms with E-state index in [1.807, 2.05) is 13.0 Å². The highest BCUT2D eigenvalue weighted by Crippen LogP contribution is 2.09. The molecule has 1 aromatic carbocycles. The van der Waals surface area contributed by atoms with Crippen LogP contribution >= 0.6 is 0 Å². The van der Waals surface area contributed by atoms with Crippen molar-refractivity contribution in [3.8, 4) is 0 Å². The predicted molar refractivity (Wildman–Crippen MR) is 45.7 cm³/mol. The van der Waals surface area contributed by atoms with Crippen LogP contribution in [0.15, 0.2) is 24.3 Å². The summed E-state index contributed by atoms with van der Waals surface area (Å²) in [6.07, 6.45) is 4.55. The van der Waals surface area contributed by atoms with Crippen molar-refractivity contribution in [2.75, 3.05) is 0 Å². The minimum atomic E-state index is -0.802. The Morgan fingerprint density at radius 3 is 2.58 bits per heavy atom. The van der Waals surface area contributed by atoms with Crippen LogP contribution < -0.4 is 0 Å². The van der Waals surface area contributed by atoms with E-state index in [-0.39, 0.29) is 0 Å². The topological polar surface area (TPSA) is 0 Å². The van der Waals surface area contributed by atoms with Gasteiger partial charge < -0.3 is 0 Å². The second-order valence-electron chi connectivity index (χ2n) is 2.48. The van der Waals surface area contributed by atoms with E-state index in [1.54, 1.807) is 12.1 Å². The lowest BCUT2D eigenvalue weighted by Crippen LogP contribution is -1.83. The van der Waals surface area contributed by atoms with Crippen LogP contribution in [0.2, 0.25) is 0 Å². The Labute approximate surface area is 70.5 Å². The molecule has 12 heavy (non-hydrogen) atoms. The molecular formula is C10H10F2. The second-order valence-corrected chi connectivity index (χ2v) is 2.48. The summed E-state index contributed by atoms with van der Waals surface area (Å²) in [5, 5.41) is 0. The summed E-state index contributed by atoms with van der Waals surface area (Å²) in [4.78, 5) is 0. The molecule has 0 atom stereocenters. The molecule has 1 aromatic rings. The fraction of sp³-hybridized carbons (Fsp3) is 0.200. The Morgan fingerprint density at radius 1 is 1.25 bits per heavy atom. The maximum absolute atomic E-state index is 12.6. The summed E-state index contributed by atoms with van der Waals surface area (Å²) in [6, 6.07) is 3.86. The van der Waals surface area contributed by atoms with Crippen LogP contribution in [0.1, 0.15) is 18.9 Å². The summed E-state index contributed by atoms with van der Waals surface area (Å²) in [5.74, 6) is -1.60. The van der Waals surface area contributed by atoms with Gasteiger partial charge in [-0.05, 0) is 24.1 Å². The molecule has 0 N–H and O–H groups in total. The smallest absolute Gasteiger partial charge is 0.159 e. The Kier molecular flexibility index (Phi) is 2.97. The Balaban J connectivity index is 2.89. The number of hydrogen-bond acceptors (Lipinski definition) is 0. The maximum Gasteiger partial charge on any atom is 0.159 e. The highest BCUT2D eigenvalue weighted by molar-refractivity contribution is 5.48. The summed E-state index contributed by atoms with van der Waals surface area (Å²) in [7, 11) is 0. The van der Waals surface area contributed by atoms with Crippen LogP contribution in [-0.2, 0) is 0 Å². The number of rotatable bonds is 2. The molecule has 0 amide bonds. The SMILES string of the molecule is CCC=Cc1ccc(F)c(F)c1. The van der Waals surface area contributed by atoms with Crippen molar-refractivity contribution >= 4 is 6.08 Å². The molecular weight excluding hydrogens is 158 g/mol. The molecule has 0 saturated carbocycles. The van der Waals surface area contributed by atoms with Crippen molar-refractivity contribution in [2.24, 2.45) is 0 Å². The zero-order chi connectivity index (χ0) is 8.97. The Morgan fingerprint density at radius 2 is 2.00 bits per heavy atom. The van der Waals surface area contributed by atoms with Gasteiger partial charge in [-0.15, -0.1) is 0 Å². The average molecular weight is 168 g/mol. The summed E-state index contributed by atoms with van der Waals surface area (Å²) < 4.78 is 25.0. The molecule has 0 bridgehead atoms. The molecule has 0 unspecified atom stereocenters. The monoisotopic (exact) mass is 168 g/mol. The lowest BCUT2D eigenvalue weighted by atomic mass is 10.2. The van der Waals surface area contributed by atoms with Crippen molar-refractivity contribution in [1.29, 1.82) is 0 Å². The summed E-state index contributed by atoms with van der Waals surface area (Å²) in [6.45, 7) is 1.98. The first-order chi connectivity index (χ1) is 5.74. The molecule has 0 heterocycles. The van der Waals surface area contributed by atoms with E-state index in [0.29, 0.717) is 5.56 Å². The van der Waals surface area contributed by atoms with Crippen LogP contribution in [0.25, 0.3) is 6.08 Å². The summed E-state index contributed by atoms with van der Waals surface area (Å²) >= 11 is 0. The van der Waals surface area contributed by atoms with E-state index in [4.69, 9.17) is 0 Å². The first-order valence-corrected chi connectivity index (χ1v) is 3.85. The lowest BCUT2D eigenvalue weighted by Gasteiger charge is -1.94. The number of hydrogen-bond donors (Lipinski definition) is 0. The molecule has 0 aliphatic carbocycles. The van der Waals surface area contributed by atoms with Crippen LogP contribution in [0.3, 0.4) is 0 Å². The van der Waals surface area contributed by atoms with Crippen molar-refractivity contribution in [1.82, 2.24) is 0 Å². The van der Waals surface area contributed by atoms with Gasteiger partial charge in [0.2, 0.25) is 0 Å². The number of benzene rings is 1. The zero-order valence-corrected chi connectivity index (χ0v) is 6.85. The third-order valence-electron chi connectivity index (χ3n) is 1.49. The van der Waals surface area contributed by atoms with Crippen LogP contribution in [0.5, 0.6) is 0 Å². The zero-order valence-electron chi connectivity index (χ0n) is 6.85. The van der Waals surface area contributed by atoms with Crippen molar-refractivity contribution in [2.45, 2.75) is 13.3 Å². The van der Waals surface area contributed by atoms with E-state index in [1.165, 1.54) is 6.07 Å². The van der Waals surface area contributed by atoms with Gasteiger partial charge >= 0.3 is 0 Å². The van der Waals surface area contributed by atoms with E-state index in [9.17, 15) is 8.78 Å². The quantitative estimate of drug-likeness (QED) is 0.635. The third kappa shape index (κ3) is 2.16. The molecule has 0 fully saturated rings. The summed E-state index contributed by atoms with van der Waals surface area (Å²) in [5.41, 5.74) is 0.691. The molecule has 0 spiro atoms. The largest absolute Gasteiger partial charge is 0.204 e. The molecule has 0 aliphatic heterocycles. The minimum absolute atomic E-state index is 0.691. The van der Waals surface area contributed by atoms with Gasteiger partial charge in [0.1, 0.15) is 0 Å². The fourth-order valence-corrected chi connectivity index (χ4v) is 0.870. The normalized spacial score (nSPS) is 10.9. The number of halogens is 2. The van der Waals surface area contributed by atoms with Gasteiger partial charge in [0, 0.05) is 0 Å². The highest BCUT2D eigenvalue weighted by atomic mass is 19.2. The Hall–Kier alpha value is -1.18. The van der Waals surface area contributed by atoms with Gasteiger partial charge in [0.05, 0.1) is 0 Å². The van der Waals surface area contributed by atoms with E-state index in [0.717, 1.165) is 12.5 Å². The fourth-order valence-electron chi connectivity index (χ4n) is 0.870. The standard InChI is InChI=1S/C10H10F2/c1-2-3-4-8-5-6-9(11)10(12)7-8/h3-7H,2H2,1H3. The van der Waals surface area contributed by atoms with E-state index >= 15 is 0 Å². The molecule has 64 valence electrons.